The maximum atomic E-state index is 5.65. The van der Waals surface area contributed by atoms with Crippen molar-refractivity contribution in [2.45, 2.75) is 0 Å². The minimum absolute atomic E-state index is 0.616. The van der Waals surface area contributed by atoms with Crippen molar-refractivity contribution in [1.29, 1.82) is 0 Å². The maximum absolute atomic E-state index is 5.65. The molecule has 0 aliphatic heterocycles. The van der Waals surface area contributed by atoms with Gasteiger partial charge in [0.2, 0.25) is 0 Å². The molecule has 2 heterocycles. The van der Waals surface area contributed by atoms with Crippen molar-refractivity contribution in [2.75, 3.05) is 0 Å². The molecule has 0 saturated heterocycles. The van der Waals surface area contributed by atoms with Crippen molar-refractivity contribution in [3.8, 4) is 11.5 Å². The molecule has 3 nitrogen and oxygen atoms in total. The summed E-state index contributed by atoms with van der Waals surface area (Å²) in [6.45, 7) is 0. The molecule has 1 aromatic carbocycles. The number of aromatic nitrogens is 2. The van der Waals surface area contributed by atoms with E-state index in [0.29, 0.717) is 17.1 Å². The van der Waals surface area contributed by atoms with Crippen molar-refractivity contribution in [3.05, 3.63) is 42.6 Å². The monoisotopic (exact) mass is 270 g/mol. The molecule has 0 saturated carbocycles. The number of rotatable bonds is 1. The van der Waals surface area contributed by atoms with Gasteiger partial charge in [-0.05, 0) is 0 Å². The van der Waals surface area contributed by atoms with Crippen LogP contribution in [0.2, 0.25) is 0 Å². The molecule has 0 amide bonds. The molecule has 0 aliphatic carbocycles. The molecule has 2 aromatic heterocycles. The first-order valence-corrected chi connectivity index (χ1v) is 5.78. The fraction of sp³-hybridized carbons (Fsp3) is 0. The van der Waals surface area contributed by atoms with Gasteiger partial charge in [-0.15, -0.1) is 0 Å². The Morgan fingerprint density at radius 2 is 1.94 bits per heavy atom. The van der Waals surface area contributed by atoms with Gasteiger partial charge in [0.1, 0.15) is 0 Å². The Morgan fingerprint density at radius 3 is 2.75 bits per heavy atom. The van der Waals surface area contributed by atoms with E-state index < -0.39 is 0 Å². The Morgan fingerprint density at radius 1 is 1.06 bits per heavy atom. The third-order valence-corrected chi connectivity index (χ3v) is 3.12. The first kappa shape index (κ1) is 9.61. The number of benzene rings is 1. The molecule has 0 bridgehead atoms. The van der Waals surface area contributed by atoms with Crippen LogP contribution in [0, 0.1) is 0 Å². The predicted molar refractivity (Wildman–Crippen MR) is 62.6 cm³/mol. The van der Waals surface area contributed by atoms with E-state index in [1.54, 1.807) is 6.20 Å². The van der Waals surface area contributed by atoms with E-state index in [9.17, 15) is 0 Å². The number of fused-ring (bicyclic) bond motifs is 1. The predicted octanol–water partition coefficient (Wildman–Crippen LogP) is 1.68. The van der Waals surface area contributed by atoms with Gasteiger partial charge in [-0.2, -0.15) is 0 Å². The molecule has 4 heteroatoms. The first-order valence-electron chi connectivity index (χ1n) is 4.84. The summed E-state index contributed by atoms with van der Waals surface area (Å²) in [6.07, 6.45) is 1.71. The Kier molecular flexibility index (Phi) is 2.26. The SMILES string of the molecule is [As]c1ccccc1-c1nc2ncccc2o1. The number of hydrogen-bond acceptors (Lipinski definition) is 3. The van der Waals surface area contributed by atoms with Crippen molar-refractivity contribution >= 4 is 32.4 Å². The van der Waals surface area contributed by atoms with Gasteiger partial charge in [-0.3, -0.25) is 0 Å². The number of pyridine rings is 1. The topological polar surface area (TPSA) is 38.9 Å². The van der Waals surface area contributed by atoms with Crippen LogP contribution in [0.25, 0.3) is 22.7 Å². The molecular formula is C12H7AsN2O. The van der Waals surface area contributed by atoms with Gasteiger partial charge < -0.3 is 0 Å². The van der Waals surface area contributed by atoms with Crippen LogP contribution in [0.5, 0.6) is 0 Å². The van der Waals surface area contributed by atoms with Crippen LogP contribution in [0.4, 0.5) is 0 Å². The normalized spacial score (nSPS) is 10.8. The second-order valence-corrected chi connectivity index (χ2v) is 4.37. The zero-order valence-corrected chi connectivity index (χ0v) is 10.2. The molecule has 0 N–H and O–H groups in total. The van der Waals surface area contributed by atoms with Gasteiger partial charge in [-0.1, -0.05) is 0 Å². The fourth-order valence-corrected chi connectivity index (χ4v) is 2.08. The van der Waals surface area contributed by atoms with Gasteiger partial charge in [0.15, 0.2) is 0 Å². The van der Waals surface area contributed by atoms with E-state index in [-0.39, 0.29) is 0 Å². The van der Waals surface area contributed by atoms with E-state index in [1.165, 1.54) is 0 Å². The van der Waals surface area contributed by atoms with Crippen LogP contribution in [-0.2, 0) is 0 Å². The Balaban J connectivity index is 2.23. The molecule has 2 radical (unpaired) electrons. The zero-order chi connectivity index (χ0) is 11.0. The molecule has 0 unspecified atom stereocenters. The average Bonchev–Trinajstić information content (AvgIpc) is 2.73. The average molecular weight is 270 g/mol. The minimum atomic E-state index is 0.616. The summed E-state index contributed by atoms with van der Waals surface area (Å²) >= 11 is 2.52. The second-order valence-electron chi connectivity index (χ2n) is 3.36. The molecule has 16 heavy (non-hydrogen) atoms. The third-order valence-electron chi connectivity index (χ3n) is 2.30. The van der Waals surface area contributed by atoms with E-state index in [0.717, 1.165) is 9.91 Å². The molecule has 76 valence electrons. The van der Waals surface area contributed by atoms with E-state index in [4.69, 9.17) is 4.42 Å². The van der Waals surface area contributed by atoms with E-state index >= 15 is 0 Å². The molecule has 0 aliphatic rings. The van der Waals surface area contributed by atoms with Crippen LogP contribution in [0.1, 0.15) is 0 Å². The molecule has 0 atom stereocenters. The van der Waals surface area contributed by atoms with Crippen LogP contribution in [0.15, 0.2) is 47.0 Å². The molecule has 3 aromatic rings. The second kappa shape index (κ2) is 3.76. The van der Waals surface area contributed by atoms with Gasteiger partial charge in [0.25, 0.3) is 0 Å². The van der Waals surface area contributed by atoms with E-state index in [2.05, 4.69) is 26.8 Å². The zero-order valence-electron chi connectivity index (χ0n) is 8.29. The summed E-state index contributed by atoms with van der Waals surface area (Å²) in [4.78, 5) is 8.50. The summed E-state index contributed by atoms with van der Waals surface area (Å²) in [7, 11) is 0. The summed E-state index contributed by atoms with van der Waals surface area (Å²) < 4.78 is 6.74. The number of nitrogens with zero attached hydrogens (tertiary/aromatic N) is 2. The van der Waals surface area contributed by atoms with Gasteiger partial charge in [0, 0.05) is 0 Å². The fourth-order valence-electron chi connectivity index (χ4n) is 1.54. The summed E-state index contributed by atoms with van der Waals surface area (Å²) in [5.41, 5.74) is 2.35. The standard InChI is InChI=1S/C12H7AsN2O/c13-9-5-2-1-4-8(9)12-15-11-10(16-12)6-3-7-14-11/h1-7H. The van der Waals surface area contributed by atoms with Gasteiger partial charge >= 0.3 is 101 Å². The van der Waals surface area contributed by atoms with Crippen molar-refractivity contribution in [2.24, 2.45) is 0 Å². The van der Waals surface area contributed by atoms with Crippen LogP contribution < -0.4 is 4.35 Å². The number of hydrogen-bond donors (Lipinski definition) is 0. The summed E-state index contributed by atoms with van der Waals surface area (Å²) in [6, 6.07) is 11.7. The molecular weight excluding hydrogens is 263 g/mol. The number of oxazole rings is 1. The molecule has 0 spiro atoms. The summed E-state index contributed by atoms with van der Waals surface area (Å²) in [5, 5.41) is 0. The van der Waals surface area contributed by atoms with Crippen LogP contribution in [-0.4, -0.2) is 26.8 Å². The summed E-state index contributed by atoms with van der Waals surface area (Å²) in [5.74, 6) is 0.616. The van der Waals surface area contributed by atoms with Crippen molar-refractivity contribution in [3.63, 3.8) is 0 Å². The van der Waals surface area contributed by atoms with E-state index in [1.807, 2.05) is 36.4 Å². The van der Waals surface area contributed by atoms with Gasteiger partial charge in [-0.25, -0.2) is 0 Å². The van der Waals surface area contributed by atoms with Crippen LogP contribution in [0.3, 0.4) is 0 Å². The van der Waals surface area contributed by atoms with Crippen molar-refractivity contribution in [1.82, 2.24) is 9.97 Å². The first-order chi connectivity index (χ1) is 7.84. The molecule has 0 fully saturated rings. The van der Waals surface area contributed by atoms with Crippen molar-refractivity contribution < 1.29 is 4.42 Å². The Bertz CT molecular complexity index is 615. The molecule has 3 rings (SSSR count). The van der Waals surface area contributed by atoms with Crippen LogP contribution >= 0.6 is 0 Å². The quantitative estimate of drug-likeness (QED) is 0.631. The third kappa shape index (κ3) is 1.53. The Labute approximate surface area is 101 Å². The Hall–Kier alpha value is -1.60. The van der Waals surface area contributed by atoms with Gasteiger partial charge in [0.05, 0.1) is 0 Å².